The van der Waals surface area contributed by atoms with Crippen molar-refractivity contribution < 1.29 is 0 Å². The van der Waals surface area contributed by atoms with Crippen molar-refractivity contribution in [1.29, 1.82) is 0 Å². The molecule has 1 unspecified atom stereocenters. The van der Waals surface area contributed by atoms with Gasteiger partial charge in [0.05, 0.1) is 5.70 Å². The summed E-state index contributed by atoms with van der Waals surface area (Å²) < 4.78 is 2.08. The second-order valence-corrected chi connectivity index (χ2v) is 10.4. The lowest BCUT2D eigenvalue weighted by Crippen LogP contribution is -2.33. The Hall–Kier alpha value is -3.28. The van der Waals surface area contributed by atoms with Crippen molar-refractivity contribution in [1.82, 2.24) is 10.6 Å². The van der Waals surface area contributed by atoms with Crippen LogP contribution in [0.3, 0.4) is 0 Å². The first-order valence-electron chi connectivity index (χ1n) is 11.6. The zero-order valence-corrected chi connectivity index (χ0v) is 22.1. The van der Waals surface area contributed by atoms with Gasteiger partial charge < -0.3 is 15.5 Å². The van der Waals surface area contributed by atoms with E-state index < -0.39 is 0 Å². The molecule has 2 heterocycles. The fourth-order valence-electron chi connectivity index (χ4n) is 4.91. The van der Waals surface area contributed by atoms with E-state index in [1.165, 1.54) is 27.8 Å². The molecule has 0 saturated heterocycles. The van der Waals surface area contributed by atoms with Gasteiger partial charge in [-0.05, 0) is 52.6 Å². The molecule has 2 N–H and O–H groups in total. The number of halogens is 2. The van der Waals surface area contributed by atoms with Crippen molar-refractivity contribution in [2.24, 2.45) is 0 Å². The first-order chi connectivity index (χ1) is 17.2. The van der Waals surface area contributed by atoms with Crippen LogP contribution >= 0.6 is 31.9 Å². The highest BCUT2D eigenvalue weighted by molar-refractivity contribution is 9.11. The van der Waals surface area contributed by atoms with Crippen LogP contribution < -0.4 is 15.5 Å². The average molecular weight is 585 g/mol. The number of benzene rings is 4. The van der Waals surface area contributed by atoms with E-state index in [0.29, 0.717) is 0 Å². The summed E-state index contributed by atoms with van der Waals surface area (Å²) >= 11 is 7.36. The lowest BCUT2D eigenvalue weighted by molar-refractivity contribution is 0.642. The molecule has 2 aliphatic heterocycles. The zero-order valence-electron chi connectivity index (χ0n) is 18.9. The smallest absolute Gasteiger partial charge is 0.133 e. The van der Waals surface area contributed by atoms with Gasteiger partial charge in [0.1, 0.15) is 12.0 Å². The van der Waals surface area contributed by atoms with Gasteiger partial charge in [0.15, 0.2) is 0 Å². The molecule has 5 heteroatoms. The standard InChI is InChI=1S/C30H23Br2N3/c31-22-17-21(18-23(32)19-22)29-34-28-27(15-16-33-30(28)35(29)24-11-5-2-6-12-24)26-14-8-7-13-25(26)20-9-3-1-4-10-20/h1-15,17-19,29,33-34H,16H2. The highest BCUT2D eigenvalue weighted by Gasteiger charge is 2.37. The van der Waals surface area contributed by atoms with Crippen molar-refractivity contribution in [3.8, 4) is 11.1 Å². The summed E-state index contributed by atoms with van der Waals surface area (Å²) in [7, 11) is 0. The highest BCUT2D eigenvalue weighted by atomic mass is 79.9. The molecule has 0 saturated carbocycles. The molecule has 4 aromatic rings. The van der Waals surface area contributed by atoms with Crippen LogP contribution in [0.2, 0.25) is 0 Å². The Balaban J connectivity index is 1.49. The van der Waals surface area contributed by atoms with Crippen LogP contribution in [0.5, 0.6) is 0 Å². The third kappa shape index (κ3) is 4.19. The van der Waals surface area contributed by atoms with Crippen LogP contribution in [0.15, 0.2) is 130 Å². The van der Waals surface area contributed by atoms with Gasteiger partial charge in [-0.2, -0.15) is 0 Å². The van der Waals surface area contributed by atoms with Crippen molar-refractivity contribution >= 4 is 43.1 Å². The molecule has 1 atom stereocenters. The van der Waals surface area contributed by atoms with Crippen LogP contribution in [0.25, 0.3) is 16.7 Å². The van der Waals surface area contributed by atoms with E-state index in [4.69, 9.17) is 0 Å². The molecule has 3 nitrogen and oxygen atoms in total. The van der Waals surface area contributed by atoms with E-state index in [0.717, 1.165) is 32.7 Å². The maximum Gasteiger partial charge on any atom is 0.133 e. The molecule has 35 heavy (non-hydrogen) atoms. The van der Waals surface area contributed by atoms with Gasteiger partial charge in [-0.1, -0.05) is 111 Å². The van der Waals surface area contributed by atoms with Gasteiger partial charge in [-0.15, -0.1) is 0 Å². The predicted molar refractivity (Wildman–Crippen MR) is 152 cm³/mol. The maximum absolute atomic E-state index is 3.87. The molecule has 0 aromatic heterocycles. The summed E-state index contributed by atoms with van der Waals surface area (Å²) in [6.45, 7) is 0.761. The summed E-state index contributed by atoms with van der Waals surface area (Å²) in [5.41, 5.74) is 8.31. The van der Waals surface area contributed by atoms with E-state index in [2.05, 4.69) is 157 Å². The molecule has 0 fully saturated rings. The third-order valence-electron chi connectivity index (χ3n) is 6.40. The van der Waals surface area contributed by atoms with Gasteiger partial charge >= 0.3 is 0 Å². The molecule has 0 aliphatic carbocycles. The Morgan fingerprint density at radius 1 is 0.714 bits per heavy atom. The minimum atomic E-state index is -0.0610. The van der Waals surface area contributed by atoms with E-state index >= 15 is 0 Å². The Morgan fingerprint density at radius 2 is 1.34 bits per heavy atom. The van der Waals surface area contributed by atoms with Crippen molar-refractivity contribution in [3.05, 3.63) is 141 Å². The molecule has 4 aromatic carbocycles. The fourth-order valence-corrected chi connectivity index (χ4v) is 6.24. The fraction of sp³-hybridized carbons (Fsp3) is 0.0667. The Bertz CT molecular complexity index is 1420. The first-order valence-corrected chi connectivity index (χ1v) is 13.2. The van der Waals surface area contributed by atoms with Gasteiger partial charge in [0.2, 0.25) is 0 Å². The van der Waals surface area contributed by atoms with E-state index in [1.54, 1.807) is 0 Å². The average Bonchev–Trinajstić information content (AvgIpc) is 3.29. The van der Waals surface area contributed by atoms with Gasteiger partial charge in [0.25, 0.3) is 0 Å². The molecule has 0 amide bonds. The van der Waals surface area contributed by atoms with Crippen molar-refractivity contribution in [3.63, 3.8) is 0 Å². The summed E-state index contributed by atoms with van der Waals surface area (Å²) in [5.74, 6) is 1.10. The summed E-state index contributed by atoms with van der Waals surface area (Å²) in [6, 6.07) is 36.3. The van der Waals surface area contributed by atoms with Gasteiger partial charge in [-0.25, -0.2) is 0 Å². The normalized spacial score (nSPS) is 16.9. The van der Waals surface area contributed by atoms with E-state index in [9.17, 15) is 0 Å². The summed E-state index contributed by atoms with van der Waals surface area (Å²) in [5, 5.41) is 7.53. The number of hydrogen-bond acceptors (Lipinski definition) is 3. The van der Waals surface area contributed by atoms with Crippen LogP contribution in [0.1, 0.15) is 17.3 Å². The number of hydrogen-bond donors (Lipinski definition) is 2. The van der Waals surface area contributed by atoms with Crippen LogP contribution in [0, 0.1) is 0 Å². The molecular weight excluding hydrogens is 562 g/mol. The first kappa shape index (κ1) is 22.2. The molecule has 0 bridgehead atoms. The lowest BCUT2D eigenvalue weighted by Gasteiger charge is -2.30. The largest absolute Gasteiger partial charge is 0.366 e. The predicted octanol–water partition coefficient (Wildman–Crippen LogP) is 7.84. The second kappa shape index (κ2) is 9.40. The summed E-state index contributed by atoms with van der Waals surface area (Å²) in [4.78, 5) is 2.36. The number of rotatable bonds is 4. The zero-order chi connectivity index (χ0) is 23.8. The van der Waals surface area contributed by atoms with Crippen molar-refractivity contribution in [2.75, 3.05) is 11.4 Å². The van der Waals surface area contributed by atoms with Gasteiger partial charge in [0, 0.05) is 26.8 Å². The monoisotopic (exact) mass is 583 g/mol. The third-order valence-corrected chi connectivity index (χ3v) is 7.31. The highest BCUT2D eigenvalue weighted by Crippen LogP contribution is 2.43. The van der Waals surface area contributed by atoms with Crippen molar-refractivity contribution in [2.45, 2.75) is 6.17 Å². The number of nitrogens with zero attached hydrogens (tertiary/aromatic N) is 1. The van der Waals surface area contributed by atoms with Crippen LogP contribution in [0.4, 0.5) is 5.69 Å². The minimum Gasteiger partial charge on any atom is -0.366 e. The van der Waals surface area contributed by atoms with Crippen LogP contribution in [-0.2, 0) is 0 Å². The quantitative estimate of drug-likeness (QED) is 0.256. The molecular formula is C30H23Br2N3. The Kier molecular flexibility index (Phi) is 5.96. The SMILES string of the molecule is Brc1cc(Br)cc(C2NC3=C(NCC=C3c3ccccc3-c3ccccc3)N2c2ccccc2)c1. The number of allylic oxidation sites excluding steroid dienone is 1. The molecule has 0 radical (unpaired) electrons. The number of anilines is 1. The van der Waals surface area contributed by atoms with E-state index in [1.807, 2.05) is 0 Å². The van der Waals surface area contributed by atoms with Crippen LogP contribution in [-0.4, -0.2) is 6.54 Å². The number of nitrogens with one attached hydrogen (secondary N) is 2. The maximum atomic E-state index is 3.87. The Morgan fingerprint density at radius 3 is 2.06 bits per heavy atom. The van der Waals surface area contributed by atoms with Gasteiger partial charge in [-0.3, -0.25) is 0 Å². The topological polar surface area (TPSA) is 27.3 Å². The number of dihydropyridines is 1. The summed E-state index contributed by atoms with van der Waals surface area (Å²) in [6.07, 6.45) is 2.23. The second-order valence-electron chi connectivity index (χ2n) is 8.59. The molecule has 6 rings (SSSR count). The lowest BCUT2D eigenvalue weighted by atomic mass is 9.92. The van der Waals surface area contributed by atoms with E-state index in [-0.39, 0.29) is 6.17 Å². The number of para-hydroxylation sites is 1. The molecule has 2 aliphatic rings. The molecule has 172 valence electrons. The molecule has 0 spiro atoms. The Labute approximate surface area is 222 Å². The minimum absolute atomic E-state index is 0.0610.